The number of nitrogens with one attached hydrogen (secondary N) is 1. The van der Waals surface area contributed by atoms with E-state index in [1.165, 1.54) is 30.4 Å². The van der Waals surface area contributed by atoms with Crippen LogP contribution in [-0.4, -0.2) is 6.04 Å². The molecular weight excluding hydrogens is 237 g/mol. The number of hydrogen-bond acceptors (Lipinski definition) is 1. The lowest BCUT2D eigenvalue weighted by Crippen LogP contribution is -2.41. The summed E-state index contributed by atoms with van der Waals surface area (Å²) in [5, 5.41) is 3.85. The Morgan fingerprint density at radius 1 is 1.16 bits per heavy atom. The highest BCUT2D eigenvalue weighted by molar-refractivity contribution is 5.35. The van der Waals surface area contributed by atoms with Crippen molar-refractivity contribution in [1.82, 2.24) is 5.32 Å². The summed E-state index contributed by atoms with van der Waals surface area (Å²) in [5.41, 5.74) is 2.53. The first-order chi connectivity index (χ1) is 9.15. The maximum absolute atomic E-state index is 13.2. The lowest BCUT2D eigenvalue weighted by atomic mass is 9.77. The molecule has 4 atom stereocenters. The van der Waals surface area contributed by atoms with E-state index in [0.29, 0.717) is 12.1 Å². The zero-order valence-corrected chi connectivity index (χ0v) is 12.0. The molecule has 4 unspecified atom stereocenters. The Balaban J connectivity index is 1.72. The monoisotopic (exact) mass is 261 g/mol. The minimum atomic E-state index is -0.0981. The van der Waals surface area contributed by atoms with Crippen LogP contribution in [0.1, 0.15) is 56.7 Å². The molecule has 0 aliphatic heterocycles. The van der Waals surface area contributed by atoms with Crippen molar-refractivity contribution in [1.29, 1.82) is 0 Å². The fraction of sp³-hybridized carbons (Fsp3) is 0.647. The molecule has 19 heavy (non-hydrogen) atoms. The molecule has 2 aliphatic rings. The van der Waals surface area contributed by atoms with Crippen LogP contribution in [0.25, 0.3) is 0 Å². The summed E-state index contributed by atoms with van der Waals surface area (Å²) in [4.78, 5) is 0. The largest absolute Gasteiger partial charge is 0.307 e. The first-order valence-electron chi connectivity index (χ1n) is 7.69. The van der Waals surface area contributed by atoms with E-state index < -0.39 is 0 Å². The molecule has 1 nitrogen and oxygen atoms in total. The number of halogens is 1. The van der Waals surface area contributed by atoms with Crippen molar-refractivity contribution in [2.24, 2.45) is 11.8 Å². The zero-order chi connectivity index (χ0) is 13.4. The number of hydrogen-bond donors (Lipinski definition) is 1. The summed E-state index contributed by atoms with van der Waals surface area (Å²) in [6.45, 7) is 4.75. The molecule has 0 saturated heterocycles. The molecule has 104 valence electrons. The first kappa shape index (κ1) is 13.1. The minimum absolute atomic E-state index is 0.0981. The van der Waals surface area contributed by atoms with Crippen LogP contribution in [0, 0.1) is 17.7 Å². The third-order valence-corrected chi connectivity index (χ3v) is 5.30. The van der Waals surface area contributed by atoms with Gasteiger partial charge in [-0.2, -0.15) is 0 Å². The molecule has 1 N–H and O–H groups in total. The Bertz CT molecular complexity index is 457. The van der Waals surface area contributed by atoms with Gasteiger partial charge in [0.05, 0.1) is 0 Å². The van der Waals surface area contributed by atoms with Crippen LogP contribution in [-0.2, 0) is 6.42 Å². The third-order valence-electron chi connectivity index (χ3n) is 5.30. The summed E-state index contributed by atoms with van der Waals surface area (Å²) >= 11 is 0. The summed E-state index contributed by atoms with van der Waals surface area (Å²) in [5.74, 6) is 1.47. The molecule has 0 bridgehead atoms. The maximum atomic E-state index is 13.2. The highest BCUT2D eigenvalue weighted by Gasteiger charge is 2.31. The number of rotatable bonds is 2. The van der Waals surface area contributed by atoms with Gasteiger partial charge in [-0.25, -0.2) is 4.39 Å². The van der Waals surface area contributed by atoms with E-state index in [1.54, 1.807) is 12.1 Å². The fourth-order valence-electron chi connectivity index (χ4n) is 3.83. The summed E-state index contributed by atoms with van der Waals surface area (Å²) in [6, 6.07) is 6.36. The number of fused-ring (bicyclic) bond motifs is 1. The van der Waals surface area contributed by atoms with E-state index in [9.17, 15) is 4.39 Å². The van der Waals surface area contributed by atoms with Gasteiger partial charge in [-0.05, 0) is 54.4 Å². The van der Waals surface area contributed by atoms with E-state index in [-0.39, 0.29) is 5.82 Å². The van der Waals surface area contributed by atoms with Gasteiger partial charge in [0, 0.05) is 12.1 Å². The van der Waals surface area contributed by atoms with Gasteiger partial charge in [0.2, 0.25) is 0 Å². The molecule has 0 spiro atoms. The average Bonchev–Trinajstić information content (AvgIpc) is 2.77. The zero-order valence-electron chi connectivity index (χ0n) is 12.0. The predicted octanol–water partition coefficient (Wildman–Crippen LogP) is 4.23. The van der Waals surface area contributed by atoms with Crippen LogP contribution in [0.3, 0.4) is 0 Å². The van der Waals surface area contributed by atoms with Crippen LogP contribution in [0.2, 0.25) is 0 Å². The van der Waals surface area contributed by atoms with Gasteiger partial charge in [-0.1, -0.05) is 32.8 Å². The van der Waals surface area contributed by atoms with E-state index in [0.717, 1.165) is 24.7 Å². The molecule has 0 radical (unpaired) electrons. The van der Waals surface area contributed by atoms with Crippen molar-refractivity contribution in [3.8, 4) is 0 Å². The van der Waals surface area contributed by atoms with E-state index in [1.807, 2.05) is 6.07 Å². The van der Waals surface area contributed by atoms with Gasteiger partial charge in [0.25, 0.3) is 0 Å². The van der Waals surface area contributed by atoms with Gasteiger partial charge < -0.3 is 5.32 Å². The van der Waals surface area contributed by atoms with E-state index >= 15 is 0 Å². The van der Waals surface area contributed by atoms with Gasteiger partial charge in [0.1, 0.15) is 5.82 Å². The Labute approximate surface area is 115 Å². The standard InChI is InChI=1S/C17H24FN/c1-11-4-3-5-16(12(11)2)19-17-9-6-13-10-14(18)7-8-15(13)17/h7-8,10-12,16-17,19H,3-6,9H2,1-2H3. The highest BCUT2D eigenvalue weighted by Crippen LogP contribution is 2.35. The Morgan fingerprint density at radius 3 is 2.84 bits per heavy atom. The van der Waals surface area contributed by atoms with Crippen LogP contribution in [0.4, 0.5) is 4.39 Å². The van der Waals surface area contributed by atoms with E-state index in [4.69, 9.17) is 0 Å². The van der Waals surface area contributed by atoms with Crippen LogP contribution >= 0.6 is 0 Å². The number of aryl methyl sites for hydroxylation is 1. The van der Waals surface area contributed by atoms with Gasteiger partial charge in [0.15, 0.2) is 0 Å². The Kier molecular flexibility index (Phi) is 3.62. The topological polar surface area (TPSA) is 12.0 Å². The minimum Gasteiger partial charge on any atom is -0.307 e. The van der Waals surface area contributed by atoms with Crippen LogP contribution in [0.5, 0.6) is 0 Å². The lowest BCUT2D eigenvalue weighted by Gasteiger charge is -2.36. The van der Waals surface area contributed by atoms with Crippen molar-refractivity contribution in [3.05, 3.63) is 35.1 Å². The van der Waals surface area contributed by atoms with Crippen LogP contribution in [0.15, 0.2) is 18.2 Å². The van der Waals surface area contributed by atoms with Crippen molar-refractivity contribution >= 4 is 0 Å². The molecule has 2 aliphatic carbocycles. The fourth-order valence-corrected chi connectivity index (χ4v) is 3.83. The average molecular weight is 261 g/mol. The maximum Gasteiger partial charge on any atom is 0.123 e. The van der Waals surface area contributed by atoms with Gasteiger partial charge >= 0.3 is 0 Å². The summed E-state index contributed by atoms with van der Waals surface area (Å²) in [7, 11) is 0. The lowest BCUT2D eigenvalue weighted by molar-refractivity contribution is 0.193. The molecule has 0 heterocycles. The van der Waals surface area contributed by atoms with E-state index in [2.05, 4.69) is 19.2 Å². The van der Waals surface area contributed by atoms with Crippen molar-refractivity contribution in [2.45, 2.75) is 58.0 Å². The Morgan fingerprint density at radius 2 is 2.00 bits per heavy atom. The van der Waals surface area contributed by atoms with Gasteiger partial charge in [-0.15, -0.1) is 0 Å². The van der Waals surface area contributed by atoms with Crippen LogP contribution < -0.4 is 5.32 Å². The first-order valence-corrected chi connectivity index (χ1v) is 7.69. The molecule has 0 aromatic heterocycles. The third kappa shape index (κ3) is 2.55. The van der Waals surface area contributed by atoms with Crippen molar-refractivity contribution in [2.75, 3.05) is 0 Å². The second kappa shape index (κ2) is 5.24. The Hall–Kier alpha value is -0.890. The molecule has 1 saturated carbocycles. The van der Waals surface area contributed by atoms with Crippen molar-refractivity contribution in [3.63, 3.8) is 0 Å². The smallest absolute Gasteiger partial charge is 0.123 e. The highest BCUT2D eigenvalue weighted by atomic mass is 19.1. The molecular formula is C17H24FN. The summed E-state index contributed by atoms with van der Waals surface area (Å²) in [6.07, 6.45) is 6.13. The molecule has 1 aromatic carbocycles. The van der Waals surface area contributed by atoms with Gasteiger partial charge in [-0.3, -0.25) is 0 Å². The second-order valence-corrected chi connectivity index (χ2v) is 6.47. The number of benzene rings is 1. The molecule has 1 aromatic rings. The second-order valence-electron chi connectivity index (χ2n) is 6.47. The molecule has 2 heteroatoms. The molecule has 1 fully saturated rings. The normalized spacial score (nSPS) is 34.3. The van der Waals surface area contributed by atoms with Crippen molar-refractivity contribution < 1.29 is 4.39 Å². The molecule has 3 rings (SSSR count). The SMILES string of the molecule is CC1CCCC(NC2CCc3cc(F)ccc32)C1C. The quantitative estimate of drug-likeness (QED) is 0.840. The molecule has 0 amide bonds. The summed E-state index contributed by atoms with van der Waals surface area (Å²) < 4.78 is 13.2. The predicted molar refractivity (Wildman–Crippen MR) is 76.6 cm³/mol.